The van der Waals surface area contributed by atoms with E-state index in [0.717, 1.165) is 5.56 Å². The molecule has 2 N–H and O–H groups in total. The summed E-state index contributed by atoms with van der Waals surface area (Å²) in [5, 5.41) is 8.81. The van der Waals surface area contributed by atoms with Gasteiger partial charge in [-0.25, -0.2) is 4.39 Å². The number of anilines is 1. The number of hydrogen-bond donors (Lipinski definition) is 1. The molecule has 0 saturated carbocycles. The highest BCUT2D eigenvalue weighted by Gasteiger charge is 2.09. The molecule has 2 aromatic rings. The number of nitrogens with two attached hydrogens (primary N) is 1. The fraction of sp³-hybridized carbons (Fsp3) is 0.0714. The van der Waals surface area contributed by atoms with Gasteiger partial charge in [0.1, 0.15) is 12.4 Å². The van der Waals surface area contributed by atoms with Gasteiger partial charge < -0.3 is 10.5 Å². The summed E-state index contributed by atoms with van der Waals surface area (Å²) in [5.41, 5.74) is 7.32. The third-order valence-electron chi connectivity index (χ3n) is 2.48. The molecular formula is C14H10BrFN2O. The molecule has 0 unspecified atom stereocenters. The maximum atomic E-state index is 13.1. The molecule has 3 nitrogen and oxygen atoms in total. The van der Waals surface area contributed by atoms with E-state index in [4.69, 9.17) is 15.7 Å². The first-order chi connectivity index (χ1) is 9.10. The summed E-state index contributed by atoms with van der Waals surface area (Å²) in [7, 11) is 0. The van der Waals surface area contributed by atoms with Crippen molar-refractivity contribution in [2.75, 3.05) is 5.73 Å². The van der Waals surface area contributed by atoms with Crippen molar-refractivity contribution in [3.05, 3.63) is 57.8 Å². The lowest BCUT2D eigenvalue weighted by atomic mass is 10.1. The maximum Gasteiger partial charge on any atom is 0.157 e. The van der Waals surface area contributed by atoms with Crippen LogP contribution in [0.5, 0.6) is 5.75 Å². The van der Waals surface area contributed by atoms with E-state index in [1.54, 1.807) is 18.2 Å². The van der Waals surface area contributed by atoms with Gasteiger partial charge in [0.25, 0.3) is 0 Å². The Labute approximate surface area is 118 Å². The molecule has 0 aliphatic heterocycles. The van der Waals surface area contributed by atoms with Crippen LogP contribution in [0.15, 0.2) is 40.9 Å². The Morgan fingerprint density at radius 3 is 2.79 bits per heavy atom. The first-order valence-corrected chi connectivity index (χ1v) is 6.26. The Morgan fingerprint density at radius 1 is 1.32 bits per heavy atom. The molecular weight excluding hydrogens is 311 g/mol. The highest BCUT2D eigenvalue weighted by atomic mass is 79.9. The van der Waals surface area contributed by atoms with Gasteiger partial charge in [-0.05, 0) is 39.7 Å². The molecule has 96 valence electrons. The highest BCUT2D eigenvalue weighted by molar-refractivity contribution is 9.10. The zero-order valence-electron chi connectivity index (χ0n) is 9.86. The van der Waals surface area contributed by atoms with Gasteiger partial charge in [0.15, 0.2) is 5.75 Å². The van der Waals surface area contributed by atoms with E-state index in [2.05, 4.69) is 22.0 Å². The van der Waals surface area contributed by atoms with Crippen LogP contribution in [-0.2, 0) is 6.61 Å². The Bertz CT molecular complexity index is 629. The van der Waals surface area contributed by atoms with Gasteiger partial charge in [-0.3, -0.25) is 0 Å². The molecule has 0 aliphatic rings. The van der Waals surface area contributed by atoms with Crippen LogP contribution in [0.2, 0.25) is 0 Å². The summed E-state index contributed by atoms with van der Waals surface area (Å²) in [5.74, 6) is -0.0352. The summed E-state index contributed by atoms with van der Waals surface area (Å²) in [6.07, 6.45) is 0. The molecule has 5 heteroatoms. The summed E-state index contributed by atoms with van der Waals surface area (Å²) in [4.78, 5) is 0. The minimum atomic E-state index is -0.428. The first-order valence-electron chi connectivity index (χ1n) is 5.46. The maximum absolute atomic E-state index is 13.1. The number of nitrogen functional groups attached to an aromatic ring is 1. The number of hydrogen-bond acceptors (Lipinski definition) is 3. The van der Waals surface area contributed by atoms with Crippen LogP contribution in [-0.4, -0.2) is 0 Å². The molecule has 2 rings (SSSR count). The van der Waals surface area contributed by atoms with Crippen molar-refractivity contribution in [2.45, 2.75) is 6.61 Å². The predicted octanol–water partition coefficient (Wildman–Crippen LogP) is 3.62. The van der Waals surface area contributed by atoms with Crippen LogP contribution in [0, 0.1) is 17.1 Å². The third kappa shape index (κ3) is 3.24. The lowest BCUT2D eigenvalue weighted by Gasteiger charge is -2.11. The van der Waals surface area contributed by atoms with E-state index in [9.17, 15) is 4.39 Å². The standard InChI is InChI=1S/C14H10BrFN2O/c15-12-5-11(16)6-13(18)14(12)19-8-10-3-1-2-9(4-10)7-17/h1-6H,8,18H2. The molecule has 0 radical (unpaired) electrons. The van der Waals surface area contributed by atoms with Gasteiger partial charge in [-0.2, -0.15) is 5.26 Å². The van der Waals surface area contributed by atoms with E-state index in [0.29, 0.717) is 15.8 Å². The van der Waals surface area contributed by atoms with Crippen LogP contribution in [0.1, 0.15) is 11.1 Å². The minimum absolute atomic E-state index is 0.225. The highest BCUT2D eigenvalue weighted by Crippen LogP contribution is 2.32. The molecule has 0 spiro atoms. The lowest BCUT2D eigenvalue weighted by Crippen LogP contribution is -2.00. The van der Waals surface area contributed by atoms with Crippen LogP contribution in [0.3, 0.4) is 0 Å². The van der Waals surface area contributed by atoms with Gasteiger partial charge in [0.05, 0.1) is 21.8 Å². The normalized spacial score (nSPS) is 9.95. The minimum Gasteiger partial charge on any atom is -0.486 e. The fourth-order valence-electron chi connectivity index (χ4n) is 1.62. The summed E-state index contributed by atoms with van der Waals surface area (Å²) in [6, 6.07) is 11.6. The van der Waals surface area contributed by atoms with Crippen molar-refractivity contribution in [1.29, 1.82) is 5.26 Å². The number of benzene rings is 2. The van der Waals surface area contributed by atoms with Crippen LogP contribution < -0.4 is 10.5 Å². The predicted molar refractivity (Wildman–Crippen MR) is 74.0 cm³/mol. The first kappa shape index (κ1) is 13.4. The molecule has 2 aromatic carbocycles. The number of nitrogens with zero attached hydrogens (tertiary/aromatic N) is 1. The quantitative estimate of drug-likeness (QED) is 0.879. The van der Waals surface area contributed by atoms with Gasteiger partial charge in [-0.1, -0.05) is 12.1 Å². The molecule has 0 fully saturated rings. The topological polar surface area (TPSA) is 59.0 Å². The second-order valence-corrected chi connectivity index (χ2v) is 4.76. The van der Waals surface area contributed by atoms with Crippen molar-refractivity contribution in [3.8, 4) is 11.8 Å². The van der Waals surface area contributed by atoms with Crippen LogP contribution in [0.25, 0.3) is 0 Å². The SMILES string of the molecule is N#Cc1cccc(COc2c(N)cc(F)cc2Br)c1. The number of nitriles is 1. The van der Waals surface area contributed by atoms with Crippen molar-refractivity contribution in [3.63, 3.8) is 0 Å². The van der Waals surface area contributed by atoms with E-state index in [1.807, 2.05) is 6.07 Å². The Morgan fingerprint density at radius 2 is 2.11 bits per heavy atom. The Kier molecular flexibility index (Phi) is 4.03. The molecule has 19 heavy (non-hydrogen) atoms. The zero-order valence-corrected chi connectivity index (χ0v) is 11.4. The van der Waals surface area contributed by atoms with Gasteiger partial charge in [0, 0.05) is 6.07 Å². The lowest BCUT2D eigenvalue weighted by molar-refractivity contribution is 0.305. The van der Waals surface area contributed by atoms with E-state index in [1.165, 1.54) is 12.1 Å². The van der Waals surface area contributed by atoms with Crippen molar-refractivity contribution >= 4 is 21.6 Å². The van der Waals surface area contributed by atoms with Crippen molar-refractivity contribution < 1.29 is 9.13 Å². The third-order valence-corrected chi connectivity index (χ3v) is 3.07. The molecule has 0 saturated heterocycles. The molecule has 0 amide bonds. The number of rotatable bonds is 3. The fourth-order valence-corrected chi connectivity index (χ4v) is 2.18. The second kappa shape index (κ2) is 5.72. The van der Waals surface area contributed by atoms with Crippen molar-refractivity contribution in [2.24, 2.45) is 0 Å². The van der Waals surface area contributed by atoms with Crippen molar-refractivity contribution in [1.82, 2.24) is 0 Å². The van der Waals surface area contributed by atoms with E-state index < -0.39 is 5.82 Å². The number of halogens is 2. The van der Waals surface area contributed by atoms with E-state index >= 15 is 0 Å². The average molecular weight is 321 g/mol. The summed E-state index contributed by atoms with van der Waals surface area (Å²) < 4.78 is 19.1. The van der Waals surface area contributed by atoms with Gasteiger partial charge >= 0.3 is 0 Å². The molecule has 0 atom stereocenters. The number of ether oxygens (including phenoxy) is 1. The Balaban J connectivity index is 2.17. The van der Waals surface area contributed by atoms with E-state index in [-0.39, 0.29) is 12.3 Å². The van der Waals surface area contributed by atoms with Gasteiger partial charge in [0.2, 0.25) is 0 Å². The van der Waals surface area contributed by atoms with Crippen LogP contribution >= 0.6 is 15.9 Å². The van der Waals surface area contributed by atoms with Gasteiger partial charge in [-0.15, -0.1) is 0 Å². The molecule has 0 aliphatic carbocycles. The summed E-state index contributed by atoms with van der Waals surface area (Å²) in [6.45, 7) is 0.254. The van der Waals surface area contributed by atoms with Crippen LogP contribution in [0.4, 0.5) is 10.1 Å². The molecule has 0 aromatic heterocycles. The smallest absolute Gasteiger partial charge is 0.157 e. The zero-order chi connectivity index (χ0) is 13.8. The average Bonchev–Trinajstić information content (AvgIpc) is 2.37. The second-order valence-electron chi connectivity index (χ2n) is 3.91. The molecule has 0 bridgehead atoms. The monoisotopic (exact) mass is 320 g/mol. The molecule has 0 heterocycles. The largest absolute Gasteiger partial charge is 0.486 e. The Hall–Kier alpha value is -2.06. The summed E-state index contributed by atoms with van der Waals surface area (Å²) >= 11 is 3.20.